The highest BCUT2D eigenvalue weighted by Crippen LogP contribution is 2.52. The number of fused-ring (bicyclic) bond motifs is 2. The van der Waals surface area contributed by atoms with Gasteiger partial charge >= 0.3 is 11.1 Å². The Morgan fingerprint density at radius 2 is 1.92 bits per heavy atom. The van der Waals surface area contributed by atoms with E-state index < -0.39 is 57.2 Å². The number of nitrogens with zero attached hydrogens (tertiary/aromatic N) is 4. The Labute approximate surface area is 232 Å². The van der Waals surface area contributed by atoms with Crippen molar-refractivity contribution in [1.82, 2.24) is 14.3 Å². The van der Waals surface area contributed by atoms with E-state index in [9.17, 15) is 33.9 Å². The lowest BCUT2D eigenvalue weighted by atomic mass is 9.77. The first-order valence-electron chi connectivity index (χ1n) is 11.8. The number of nitro benzene ring substituents is 1. The van der Waals surface area contributed by atoms with E-state index in [-0.39, 0.29) is 34.1 Å². The van der Waals surface area contributed by atoms with Gasteiger partial charge in [-0.05, 0) is 24.6 Å². The number of rotatable bonds is 8. The second-order valence-corrected chi connectivity index (χ2v) is 13.0. The van der Waals surface area contributed by atoms with Crippen molar-refractivity contribution in [2.24, 2.45) is 11.8 Å². The SMILES string of the molecule is C[C@@H](O)[C@H]1C(=O)N2C(C(=O)OCc3ccc([N+](=O)[O-])cc3)=C(c3cn4c([S+](C)[O-])nc([S+](C)[O-])c4s3)[C@H](C)[C@H]12. The summed E-state index contributed by atoms with van der Waals surface area (Å²) in [6, 6.07) is 5.11. The number of benzene rings is 1. The number of ether oxygens (including phenoxy) is 1. The molecule has 2 unspecified atom stereocenters. The van der Waals surface area contributed by atoms with Crippen LogP contribution in [0.3, 0.4) is 0 Å². The smallest absolute Gasteiger partial charge is 0.355 e. The summed E-state index contributed by atoms with van der Waals surface area (Å²) in [6.07, 6.45) is 3.68. The van der Waals surface area contributed by atoms with Crippen LogP contribution in [0.25, 0.3) is 10.4 Å². The van der Waals surface area contributed by atoms with Gasteiger partial charge < -0.3 is 23.8 Å². The zero-order chi connectivity index (χ0) is 28.3. The molecule has 5 rings (SSSR count). The van der Waals surface area contributed by atoms with Crippen LogP contribution in [0.4, 0.5) is 5.69 Å². The third-order valence-electron chi connectivity index (χ3n) is 6.94. The molecular weight excluding hydrogens is 568 g/mol. The van der Waals surface area contributed by atoms with Crippen LogP contribution in [0.15, 0.2) is 46.3 Å². The molecule has 1 amide bonds. The molecule has 1 saturated heterocycles. The molecule has 39 heavy (non-hydrogen) atoms. The van der Waals surface area contributed by atoms with Gasteiger partial charge in [0, 0.05) is 52.2 Å². The Balaban J connectivity index is 1.56. The summed E-state index contributed by atoms with van der Waals surface area (Å²) in [4.78, 5) is 43.7. The highest BCUT2D eigenvalue weighted by molar-refractivity contribution is 7.91. The van der Waals surface area contributed by atoms with Crippen molar-refractivity contribution < 1.29 is 33.5 Å². The lowest BCUT2D eigenvalue weighted by molar-refractivity contribution is -0.384. The molecule has 2 aliphatic heterocycles. The van der Waals surface area contributed by atoms with Gasteiger partial charge in [0.05, 0.1) is 27.9 Å². The van der Waals surface area contributed by atoms with Crippen molar-refractivity contribution in [3.8, 4) is 0 Å². The molecule has 12 nitrogen and oxygen atoms in total. The van der Waals surface area contributed by atoms with Crippen LogP contribution in [0.5, 0.6) is 0 Å². The largest absolute Gasteiger partial charge is 0.610 e. The standard InChI is InChI=1S/C24H24N4O8S3/c1-11-16(15-9-26-22(37-15)20(38(3)34)25-24(26)39(4)35)19(27-18(11)17(12(2)29)21(27)30)23(31)36-10-13-5-7-14(8-6-13)28(32)33/h5-9,11-12,17-18,29H,10H2,1-4H3/t11-,12+,17+,18+,38?,39?/m0/s1. The van der Waals surface area contributed by atoms with Crippen molar-refractivity contribution in [3.63, 3.8) is 0 Å². The van der Waals surface area contributed by atoms with Crippen molar-refractivity contribution in [1.29, 1.82) is 0 Å². The van der Waals surface area contributed by atoms with E-state index in [1.807, 2.05) is 6.92 Å². The first-order chi connectivity index (χ1) is 18.4. The van der Waals surface area contributed by atoms with Gasteiger partial charge in [0.1, 0.15) is 24.8 Å². The number of imidazole rings is 1. The van der Waals surface area contributed by atoms with E-state index in [1.165, 1.54) is 59.9 Å². The lowest BCUT2D eigenvalue weighted by Gasteiger charge is -2.46. The molecule has 2 aromatic heterocycles. The first kappa shape index (κ1) is 27.6. The number of non-ortho nitro benzene ring substituents is 1. The number of aliphatic hydroxyl groups excluding tert-OH is 1. The van der Waals surface area contributed by atoms with Gasteiger partial charge in [-0.15, -0.1) is 16.3 Å². The molecule has 1 aromatic carbocycles. The Kier molecular flexibility index (Phi) is 7.24. The number of thiazole rings is 1. The van der Waals surface area contributed by atoms with Crippen LogP contribution in [0.1, 0.15) is 24.3 Å². The lowest BCUT2D eigenvalue weighted by Crippen LogP contribution is -2.63. The van der Waals surface area contributed by atoms with Gasteiger partial charge in [-0.1, -0.05) is 6.92 Å². The third-order valence-corrected chi connectivity index (χ3v) is 9.82. The number of aliphatic hydroxyl groups is 1. The summed E-state index contributed by atoms with van der Waals surface area (Å²) < 4.78 is 31.8. The van der Waals surface area contributed by atoms with Gasteiger partial charge in [0.25, 0.3) is 10.7 Å². The number of aromatic nitrogens is 2. The summed E-state index contributed by atoms with van der Waals surface area (Å²) in [5.74, 6) is -2.20. The number of hydrogen-bond acceptors (Lipinski definition) is 10. The zero-order valence-electron chi connectivity index (χ0n) is 21.2. The van der Waals surface area contributed by atoms with E-state index in [2.05, 4.69) is 4.98 Å². The minimum Gasteiger partial charge on any atom is -0.610 e. The molecule has 2 aliphatic rings. The van der Waals surface area contributed by atoms with E-state index in [0.29, 0.717) is 20.8 Å². The van der Waals surface area contributed by atoms with Crippen molar-refractivity contribution in [2.45, 2.75) is 42.8 Å². The fourth-order valence-corrected chi connectivity index (χ4v) is 8.08. The van der Waals surface area contributed by atoms with Crippen LogP contribution in [0, 0.1) is 22.0 Å². The minimum absolute atomic E-state index is 0.0483. The van der Waals surface area contributed by atoms with Gasteiger partial charge in [0.2, 0.25) is 5.91 Å². The maximum Gasteiger partial charge on any atom is 0.355 e. The maximum atomic E-state index is 13.5. The Morgan fingerprint density at radius 1 is 1.26 bits per heavy atom. The zero-order valence-corrected chi connectivity index (χ0v) is 23.7. The quantitative estimate of drug-likeness (QED) is 0.135. The number of esters is 1. The topological polar surface area (TPSA) is 173 Å². The molecule has 0 radical (unpaired) electrons. The molecule has 0 aliphatic carbocycles. The molecule has 0 bridgehead atoms. The normalized spacial score (nSPS) is 23.0. The van der Waals surface area contributed by atoms with E-state index in [4.69, 9.17) is 4.74 Å². The van der Waals surface area contributed by atoms with E-state index in [1.54, 1.807) is 10.6 Å². The van der Waals surface area contributed by atoms with Crippen molar-refractivity contribution in [3.05, 3.63) is 56.7 Å². The molecule has 206 valence electrons. The summed E-state index contributed by atoms with van der Waals surface area (Å²) in [5, 5.41) is 21.7. The average molecular weight is 593 g/mol. The summed E-state index contributed by atoms with van der Waals surface area (Å²) in [6.45, 7) is 3.21. The number of nitro groups is 1. The van der Waals surface area contributed by atoms with Gasteiger partial charge in [-0.25, -0.2) is 9.20 Å². The molecular formula is C24H24N4O8S3. The van der Waals surface area contributed by atoms with Gasteiger partial charge in [-0.3, -0.25) is 14.9 Å². The molecule has 1 fully saturated rings. The Bertz CT molecular complexity index is 1470. The maximum absolute atomic E-state index is 13.5. The molecule has 0 spiro atoms. The predicted molar refractivity (Wildman–Crippen MR) is 143 cm³/mol. The molecule has 0 saturated carbocycles. The van der Waals surface area contributed by atoms with E-state index in [0.717, 1.165) is 0 Å². The van der Waals surface area contributed by atoms with Crippen LogP contribution in [-0.2, 0) is 43.3 Å². The van der Waals surface area contributed by atoms with Crippen LogP contribution < -0.4 is 0 Å². The predicted octanol–water partition coefficient (Wildman–Crippen LogP) is 2.09. The Hall–Kier alpha value is -2.95. The third kappa shape index (κ3) is 4.52. The van der Waals surface area contributed by atoms with Crippen molar-refractivity contribution in [2.75, 3.05) is 12.5 Å². The fraction of sp³-hybridized carbons (Fsp3) is 0.375. The van der Waals surface area contributed by atoms with Crippen molar-refractivity contribution >= 4 is 61.7 Å². The first-order valence-corrected chi connectivity index (χ1v) is 15.7. The highest BCUT2D eigenvalue weighted by atomic mass is 32.2. The molecule has 4 heterocycles. The van der Waals surface area contributed by atoms with Gasteiger partial charge in [0.15, 0.2) is 4.83 Å². The van der Waals surface area contributed by atoms with Crippen LogP contribution in [0.2, 0.25) is 0 Å². The molecule has 15 heteroatoms. The summed E-state index contributed by atoms with van der Waals surface area (Å²) in [5.41, 5.74) is 1.00. The number of carbonyl (C=O) groups is 2. The Morgan fingerprint density at radius 3 is 2.49 bits per heavy atom. The monoisotopic (exact) mass is 592 g/mol. The van der Waals surface area contributed by atoms with Crippen LogP contribution in [-0.4, -0.2) is 70.0 Å². The number of β-lactam (4-membered cyclic amide) rings is 1. The summed E-state index contributed by atoms with van der Waals surface area (Å²) in [7, 11) is 0. The summed E-state index contributed by atoms with van der Waals surface area (Å²) >= 11 is -1.73. The molecule has 3 aromatic rings. The second kappa shape index (κ2) is 10.2. The second-order valence-electron chi connectivity index (χ2n) is 9.39. The number of amides is 1. The minimum atomic E-state index is -1.49. The van der Waals surface area contributed by atoms with E-state index >= 15 is 0 Å². The molecule has 1 N–H and O–H groups in total. The number of hydrogen-bond donors (Lipinski definition) is 1. The average Bonchev–Trinajstić information content (AvgIpc) is 3.50. The molecule has 6 atom stereocenters. The van der Waals surface area contributed by atoms with Gasteiger partial charge in [-0.2, -0.15) is 0 Å². The van der Waals surface area contributed by atoms with Crippen LogP contribution >= 0.6 is 11.3 Å². The fourth-order valence-electron chi connectivity index (χ4n) is 5.16. The highest BCUT2D eigenvalue weighted by Gasteiger charge is 2.60. The number of carbonyl (C=O) groups excluding carboxylic acids is 2.